The van der Waals surface area contributed by atoms with Gasteiger partial charge in [-0.1, -0.05) is 23.7 Å². The lowest BCUT2D eigenvalue weighted by Gasteiger charge is -2.23. The zero-order chi connectivity index (χ0) is 18.0. The second-order valence-corrected chi connectivity index (χ2v) is 7.49. The quantitative estimate of drug-likeness (QED) is 0.678. The van der Waals surface area contributed by atoms with Crippen molar-refractivity contribution in [3.63, 3.8) is 0 Å². The van der Waals surface area contributed by atoms with Gasteiger partial charge in [0.1, 0.15) is 5.54 Å². The second kappa shape index (κ2) is 7.01. The summed E-state index contributed by atoms with van der Waals surface area (Å²) in [6, 6.07) is 9.34. The number of carbonyl (C=O) groups excluding carboxylic acids is 1. The molecular formula is C17H17BrClN5O. The first kappa shape index (κ1) is 17.7. The summed E-state index contributed by atoms with van der Waals surface area (Å²) < 4.78 is 4.19. The van der Waals surface area contributed by atoms with Gasteiger partial charge in [0.05, 0.1) is 17.2 Å². The molecule has 0 saturated heterocycles. The average Bonchev–Trinajstić information content (AvgIpc) is 3.19. The van der Waals surface area contributed by atoms with E-state index in [2.05, 4.69) is 31.4 Å². The molecule has 1 aromatic carbocycles. The Morgan fingerprint density at radius 2 is 2.00 bits per heavy atom. The number of rotatable bonds is 5. The number of aromatic nitrogens is 4. The fourth-order valence-corrected chi connectivity index (χ4v) is 2.68. The van der Waals surface area contributed by atoms with E-state index in [1.54, 1.807) is 41.7 Å². The van der Waals surface area contributed by atoms with Gasteiger partial charge in [-0.2, -0.15) is 10.2 Å². The lowest BCUT2D eigenvalue weighted by molar-refractivity contribution is -0.123. The summed E-state index contributed by atoms with van der Waals surface area (Å²) in [5, 5.41) is 12.1. The van der Waals surface area contributed by atoms with E-state index >= 15 is 0 Å². The Morgan fingerprint density at radius 1 is 1.28 bits per heavy atom. The van der Waals surface area contributed by atoms with Crippen molar-refractivity contribution in [2.75, 3.05) is 5.32 Å². The van der Waals surface area contributed by atoms with Crippen molar-refractivity contribution >= 4 is 39.3 Å². The van der Waals surface area contributed by atoms with E-state index in [9.17, 15) is 4.79 Å². The number of hydrogen-bond donors (Lipinski definition) is 1. The van der Waals surface area contributed by atoms with Crippen LogP contribution in [-0.2, 0) is 16.9 Å². The van der Waals surface area contributed by atoms with Gasteiger partial charge in [-0.25, -0.2) is 0 Å². The molecule has 0 spiro atoms. The Hall–Kier alpha value is -2.12. The first-order valence-corrected chi connectivity index (χ1v) is 8.82. The number of anilines is 1. The molecule has 0 saturated carbocycles. The van der Waals surface area contributed by atoms with Crippen LogP contribution in [0.2, 0.25) is 5.02 Å². The molecule has 0 aliphatic heterocycles. The molecule has 0 aliphatic rings. The van der Waals surface area contributed by atoms with Crippen molar-refractivity contribution in [3.8, 4) is 0 Å². The largest absolute Gasteiger partial charge is 0.307 e. The molecule has 3 aromatic rings. The molecule has 6 nitrogen and oxygen atoms in total. The standard InChI is InChI=1S/C17H17BrClN5O/c1-17(2,24-11-13(18)9-20-24)16(25)21-15-7-8-23(22-15)10-12-3-5-14(19)6-4-12/h3-9,11H,10H2,1-2H3,(H,21,22,25). The molecule has 2 aromatic heterocycles. The first-order chi connectivity index (χ1) is 11.8. The maximum atomic E-state index is 12.6. The smallest absolute Gasteiger partial charge is 0.252 e. The average molecular weight is 423 g/mol. The minimum absolute atomic E-state index is 0.195. The number of carbonyl (C=O) groups is 1. The van der Waals surface area contributed by atoms with Crippen molar-refractivity contribution in [1.29, 1.82) is 0 Å². The fraction of sp³-hybridized carbons (Fsp3) is 0.235. The summed E-state index contributed by atoms with van der Waals surface area (Å²) in [4.78, 5) is 12.6. The van der Waals surface area contributed by atoms with E-state index in [-0.39, 0.29) is 5.91 Å². The molecule has 0 radical (unpaired) electrons. The van der Waals surface area contributed by atoms with Crippen LogP contribution in [0.4, 0.5) is 5.82 Å². The molecule has 130 valence electrons. The van der Waals surface area contributed by atoms with Gasteiger partial charge >= 0.3 is 0 Å². The summed E-state index contributed by atoms with van der Waals surface area (Å²) in [6.07, 6.45) is 5.23. The van der Waals surface area contributed by atoms with Crippen molar-refractivity contribution in [2.24, 2.45) is 0 Å². The van der Waals surface area contributed by atoms with E-state index < -0.39 is 5.54 Å². The molecule has 1 amide bonds. The highest BCUT2D eigenvalue weighted by Gasteiger charge is 2.31. The van der Waals surface area contributed by atoms with Gasteiger partial charge in [0.2, 0.25) is 0 Å². The second-order valence-electron chi connectivity index (χ2n) is 6.14. The van der Waals surface area contributed by atoms with Gasteiger partial charge in [-0.3, -0.25) is 14.2 Å². The number of nitrogens with zero attached hydrogens (tertiary/aromatic N) is 4. The molecule has 8 heteroatoms. The van der Waals surface area contributed by atoms with Crippen LogP contribution in [0.3, 0.4) is 0 Å². The zero-order valence-corrected chi connectivity index (χ0v) is 16.1. The maximum absolute atomic E-state index is 12.6. The number of hydrogen-bond acceptors (Lipinski definition) is 3. The van der Waals surface area contributed by atoms with Crippen LogP contribution < -0.4 is 5.32 Å². The van der Waals surface area contributed by atoms with Crippen molar-refractivity contribution in [2.45, 2.75) is 25.9 Å². The van der Waals surface area contributed by atoms with Gasteiger partial charge in [0, 0.05) is 23.5 Å². The lowest BCUT2D eigenvalue weighted by atomic mass is 10.1. The molecule has 0 bridgehead atoms. The molecule has 1 N–H and O–H groups in total. The Kier molecular flexibility index (Phi) is 4.96. The highest BCUT2D eigenvalue weighted by molar-refractivity contribution is 9.10. The lowest BCUT2D eigenvalue weighted by Crippen LogP contribution is -2.40. The Labute approximate surface area is 158 Å². The summed E-state index contributed by atoms with van der Waals surface area (Å²) in [7, 11) is 0. The van der Waals surface area contributed by atoms with Crippen LogP contribution in [0.5, 0.6) is 0 Å². The molecular weight excluding hydrogens is 406 g/mol. The molecule has 0 aliphatic carbocycles. The minimum Gasteiger partial charge on any atom is -0.307 e. The zero-order valence-electron chi connectivity index (χ0n) is 13.8. The fourth-order valence-electron chi connectivity index (χ4n) is 2.27. The molecule has 0 atom stereocenters. The topological polar surface area (TPSA) is 64.7 Å². The molecule has 0 unspecified atom stereocenters. The van der Waals surface area contributed by atoms with Gasteiger partial charge in [0.25, 0.3) is 5.91 Å². The first-order valence-electron chi connectivity index (χ1n) is 7.64. The highest BCUT2D eigenvalue weighted by atomic mass is 79.9. The number of amides is 1. The molecule has 25 heavy (non-hydrogen) atoms. The van der Waals surface area contributed by atoms with Crippen LogP contribution >= 0.6 is 27.5 Å². The van der Waals surface area contributed by atoms with Crippen LogP contribution in [0, 0.1) is 0 Å². The van der Waals surface area contributed by atoms with Crippen molar-refractivity contribution in [1.82, 2.24) is 19.6 Å². The van der Waals surface area contributed by atoms with E-state index in [4.69, 9.17) is 11.6 Å². The van der Waals surface area contributed by atoms with Crippen molar-refractivity contribution < 1.29 is 4.79 Å². The Balaban J connectivity index is 1.68. The van der Waals surface area contributed by atoms with Gasteiger partial charge in [-0.05, 0) is 47.5 Å². The summed E-state index contributed by atoms with van der Waals surface area (Å²) in [5.74, 6) is 0.304. The van der Waals surface area contributed by atoms with Crippen LogP contribution in [-0.4, -0.2) is 25.5 Å². The van der Waals surface area contributed by atoms with Crippen molar-refractivity contribution in [3.05, 3.63) is 64.0 Å². The van der Waals surface area contributed by atoms with Gasteiger partial charge in [-0.15, -0.1) is 0 Å². The van der Waals surface area contributed by atoms with Crippen LogP contribution in [0.25, 0.3) is 0 Å². The number of halogens is 2. The van der Waals surface area contributed by atoms with Crippen LogP contribution in [0.1, 0.15) is 19.4 Å². The van der Waals surface area contributed by atoms with Gasteiger partial charge in [0.15, 0.2) is 5.82 Å². The Morgan fingerprint density at radius 3 is 2.64 bits per heavy atom. The van der Waals surface area contributed by atoms with E-state index in [0.29, 0.717) is 17.4 Å². The third-order valence-electron chi connectivity index (χ3n) is 3.82. The SMILES string of the molecule is CC(C)(C(=O)Nc1ccn(Cc2ccc(Cl)cc2)n1)n1cc(Br)cn1. The third kappa shape index (κ3) is 4.11. The predicted molar refractivity (Wildman–Crippen MR) is 101 cm³/mol. The van der Waals surface area contributed by atoms with Crippen LogP contribution in [0.15, 0.2) is 53.4 Å². The minimum atomic E-state index is -0.841. The van der Waals surface area contributed by atoms with E-state index in [0.717, 1.165) is 10.0 Å². The summed E-state index contributed by atoms with van der Waals surface area (Å²) in [5.41, 5.74) is 0.235. The summed E-state index contributed by atoms with van der Waals surface area (Å²) in [6.45, 7) is 4.20. The molecule has 0 fully saturated rings. The monoisotopic (exact) mass is 421 g/mol. The number of benzene rings is 1. The highest BCUT2D eigenvalue weighted by Crippen LogP contribution is 2.20. The molecule has 3 rings (SSSR count). The van der Waals surface area contributed by atoms with E-state index in [1.165, 1.54) is 0 Å². The molecule has 2 heterocycles. The van der Waals surface area contributed by atoms with Gasteiger partial charge < -0.3 is 5.32 Å². The summed E-state index contributed by atoms with van der Waals surface area (Å²) >= 11 is 9.23. The number of nitrogens with one attached hydrogen (secondary N) is 1. The predicted octanol–water partition coefficient (Wildman–Crippen LogP) is 3.92. The maximum Gasteiger partial charge on any atom is 0.252 e. The Bertz CT molecular complexity index is 885. The van der Waals surface area contributed by atoms with E-state index in [1.807, 2.05) is 30.5 Å². The third-order valence-corrected chi connectivity index (χ3v) is 4.48. The normalized spacial score (nSPS) is 11.5.